The van der Waals surface area contributed by atoms with Crippen LogP contribution in [0.5, 0.6) is 0 Å². The monoisotopic (exact) mass is 441 g/mol. The fraction of sp³-hybridized carbons (Fsp3) is 0.583. The summed E-state index contributed by atoms with van der Waals surface area (Å²) in [5.41, 5.74) is 1.91. The minimum Gasteiger partial charge on any atom is -0.481 e. The molecule has 2 heterocycles. The van der Waals surface area contributed by atoms with Gasteiger partial charge < -0.3 is 15.3 Å². The number of carbonyl (C=O) groups is 4. The second kappa shape index (κ2) is 9.71. The van der Waals surface area contributed by atoms with Gasteiger partial charge in [0.15, 0.2) is 0 Å². The molecule has 172 valence electrons. The summed E-state index contributed by atoms with van der Waals surface area (Å²) in [6.45, 7) is 1.10. The molecular formula is C24H31N3O5. The fourth-order valence-corrected chi connectivity index (χ4v) is 5.15. The molecule has 3 amide bonds. The molecule has 8 nitrogen and oxygen atoms in total. The third-order valence-corrected chi connectivity index (χ3v) is 7.16. The molecule has 1 aromatic rings. The molecule has 0 radical (unpaired) electrons. The summed E-state index contributed by atoms with van der Waals surface area (Å²) in [6.07, 6.45) is 5.51. The van der Waals surface area contributed by atoms with E-state index < -0.39 is 5.97 Å². The lowest BCUT2D eigenvalue weighted by atomic mass is 9.84. The van der Waals surface area contributed by atoms with Gasteiger partial charge in [0.25, 0.3) is 0 Å². The highest BCUT2D eigenvalue weighted by atomic mass is 16.4. The number of carbonyl (C=O) groups excluding carboxylic acids is 3. The maximum Gasteiger partial charge on any atom is 0.306 e. The fourth-order valence-electron chi connectivity index (χ4n) is 5.15. The summed E-state index contributed by atoms with van der Waals surface area (Å²) in [5.74, 6) is -1.57. The Balaban J connectivity index is 1.24. The first-order valence-electron chi connectivity index (χ1n) is 11.6. The Morgan fingerprint density at radius 2 is 1.56 bits per heavy atom. The molecule has 0 bridgehead atoms. The molecule has 2 saturated heterocycles. The van der Waals surface area contributed by atoms with E-state index in [9.17, 15) is 19.2 Å². The molecule has 3 aliphatic rings. The molecule has 1 saturated carbocycles. The molecule has 2 aliphatic heterocycles. The Kier molecular flexibility index (Phi) is 6.77. The number of hydrogen-bond acceptors (Lipinski definition) is 5. The number of nitrogens with zero attached hydrogens (tertiary/aromatic N) is 1. The normalized spacial score (nSPS) is 27.0. The number of hydrogen-bond donors (Lipinski definition) is 3. The summed E-state index contributed by atoms with van der Waals surface area (Å²) in [7, 11) is 0. The van der Waals surface area contributed by atoms with Crippen molar-refractivity contribution in [2.45, 2.75) is 63.3 Å². The highest BCUT2D eigenvalue weighted by molar-refractivity contribution is 6.00. The van der Waals surface area contributed by atoms with E-state index in [2.05, 4.69) is 10.6 Å². The number of piperidine rings is 2. The third-order valence-electron chi connectivity index (χ3n) is 7.16. The van der Waals surface area contributed by atoms with Crippen LogP contribution in [-0.4, -0.2) is 52.8 Å². The Morgan fingerprint density at radius 3 is 2.16 bits per heavy atom. The predicted molar refractivity (Wildman–Crippen MR) is 118 cm³/mol. The van der Waals surface area contributed by atoms with E-state index in [0.717, 1.165) is 36.9 Å². The number of nitrogens with one attached hydrogen (secondary N) is 2. The standard InChI is InChI=1S/C24H31N3O5/c28-21-10-9-20(22(29)26-21)15-1-5-18(6-2-15)25-19-7-3-16(4-8-19)23(30)27-13-11-17(12-14-27)24(31)32/h1-2,5-6,16-17,19-20,25H,3-4,7-14H2,(H,31,32)(H,26,28,29)/t16-,19-,20?. The van der Waals surface area contributed by atoms with E-state index in [-0.39, 0.29) is 35.5 Å². The number of imide groups is 1. The van der Waals surface area contributed by atoms with Gasteiger partial charge in [-0.1, -0.05) is 12.1 Å². The van der Waals surface area contributed by atoms with Crippen molar-refractivity contribution in [3.05, 3.63) is 29.8 Å². The zero-order valence-electron chi connectivity index (χ0n) is 18.2. The van der Waals surface area contributed by atoms with E-state index >= 15 is 0 Å². The van der Waals surface area contributed by atoms with Crippen molar-refractivity contribution in [2.24, 2.45) is 11.8 Å². The van der Waals surface area contributed by atoms with Crippen LogP contribution in [-0.2, 0) is 19.2 Å². The van der Waals surface area contributed by atoms with Gasteiger partial charge in [-0.05, 0) is 62.6 Å². The zero-order valence-corrected chi connectivity index (χ0v) is 18.2. The Morgan fingerprint density at radius 1 is 0.906 bits per heavy atom. The van der Waals surface area contributed by atoms with Crippen LogP contribution in [0.1, 0.15) is 62.8 Å². The lowest BCUT2D eigenvalue weighted by Gasteiger charge is -2.35. The van der Waals surface area contributed by atoms with Crippen LogP contribution in [0.2, 0.25) is 0 Å². The molecule has 0 aromatic heterocycles. The minimum atomic E-state index is -0.756. The SMILES string of the molecule is O=C1CCC(c2ccc(N[C@H]3CC[C@H](C(=O)N4CCC(C(=O)O)CC4)CC3)cc2)C(=O)N1. The molecule has 1 atom stereocenters. The highest BCUT2D eigenvalue weighted by Crippen LogP contribution is 2.31. The number of amides is 3. The van der Waals surface area contributed by atoms with Crippen LogP contribution in [0, 0.1) is 11.8 Å². The summed E-state index contributed by atoms with van der Waals surface area (Å²) in [5, 5.41) is 15.1. The van der Waals surface area contributed by atoms with Crippen LogP contribution < -0.4 is 10.6 Å². The number of anilines is 1. The van der Waals surface area contributed by atoms with Gasteiger partial charge >= 0.3 is 5.97 Å². The predicted octanol–water partition coefficient (Wildman–Crippen LogP) is 2.50. The van der Waals surface area contributed by atoms with Gasteiger partial charge in [0.1, 0.15) is 0 Å². The quantitative estimate of drug-likeness (QED) is 0.605. The summed E-state index contributed by atoms with van der Waals surface area (Å²) in [4.78, 5) is 49.2. The van der Waals surface area contributed by atoms with Gasteiger partial charge in [-0.25, -0.2) is 0 Å². The first-order chi connectivity index (χ1) is 15.4. The van der Waals surface area contributed by atoms with Crippen molar-refractivity contribution in [1.29, 1.82) is 0 Å². The molecule has 3 N–H and O–H groups in total. The van der Waals surface area contributed by atoms with Crippen LogP contribution in [0.25, 0.3) is 0 Å². The molecule has 0 spiro atoms. The average molecular weight is 442 g/mol. The van der Waals surface area contributed by atoms with Gasteiger partial charge in [0, 0.05) is 37.2 Å². The van der Waals surface area contributed by atoms with Gasteiger partial charge in [0.2, 0.25) is 17.7 Å². The second-order valence-electron chi connectivity index (χ2n) is 9.26. The van der Waals surface area contributed by atoms with Crippen molar-refractivity contribution in [3.8, 4) is 0 Å². The number of carboxylic acid groups (broad SMARTS) is 1. The van der Waals surface area contributed by atoms with Crippen LogP contribution >= 0.6 is 0 Å². The van der Waals surface area contributed by atoms with Crippen molar-refractivity contribution in [3.63, 3.8) is 0 Å². The molecular weight excluding hydrogens is 410 g/mol. The summed E-state index contributed by atoms with van der Waals surface area (Å²) >= 11 is 0. The third kappa shape index (κ3) is 5.11. The van der Waals surface area contributed by atoms with Crippen molar-refractivity contribution < 1.29 is 24.3 Å². The number of likely N-dealkylation sites (tertiary alicyclic amines) is 1. The maximum absolute atomic E-state index is 12.8. The zero-order chi connectivity index (χ0) is 22.7. The molecule has 1 unspecified atom stereocenters. The van der Waals surface area contributed by atoms with E-state index in [1.807, 2.05) is 29.2 Å². The van der Waals surface area contributed by atoms with Gasteiger partial charge in [-0.15, -0.1) is 0 Å². The van der Waals surface area contributed by atoms with Crippen LogP contribution in [0.4, 0.5) is 5.69 Å². The van der Waals surface area contributed by atoms with Gasteiger partial charge in [-0.2, -0.15) is 0 Å². The Labute approximate surface area is 187 Å². The first kappa shape index (κ1) is 22.3. The van der Waals surface area contributed by atoms with Gasteiger partial charge in [-0.3, -0.25) is 24.5 Å². The number of carboxylic acids is 1. The van der Waals surface area contributed by atoms with E-state index in [1.54, 1.807) is 0 Å². The number of benzene rings is 1. The average Bonchev–Trinajstić information content (AvgIpc) is 2.80. The number of rotatable bonds is 5. The molecule has 32 heavy (non-hydrogen) atoms. The molecule has 1 aliphatic carbocycles. The largest absolute Gasteiger partial charge is 0.481 e. The number of aliphatic carboxylic acids is 1. The molecule has 4 rings (SSSR count). The van der Waals surface area contributed by atoms with E-state index in [0.29, 0.717) is 44.8 Å². The topological polar surface area (TPSA) is 116 Å². The summed E-state index contributed by atoms with van der Waals surface area (Å²) in [6, 6.07) is 8.14. The van der Waals surface area contributed by atoms with Crippen molar-refractivity contribution >= 4 is 29.4 Å². The van der Waals surface area contributed by atoms with Gasteiger partial charge in [0.05, 0.1) is 11.8 Å². The Hall–Kier alpha value is -2.90. The van der Waals surface area contributed by atoms with Crippen molar-refractivity contribution in [1.82, 2.24) is 10.2 Å². The van der Waals surface area contributed by atoms with Crippen molar-refractivity contribution in [2.75, 3.05) is 18.4 Å². The van der Waals surface area contributed by atoms with E-state index in [4.69, 9.17) is 5.11 Å². The van der Waals surface area contributed by atoms with E-state index in [1.165, 1.54) is 0 Å². The lowest BCUT2D eigenvalue weighted by Crippen LogP contribution is -2.44. The smallest absolute Gasteiger partial charge is 0.306 e. The first-order valence-corrected chi connectivity index (χ1v) is 11.6. The minimum absolute atomic E-state index is 0.0318. The molecule has 8 heteroatoms. The molecule has 1 aromatic carbocycles. The van der Waals surface area contributed by atoms with Crippen LogP contribution in [0.3, 0.4) is 0 Å². The molecule has 3 fully saturated rings. The Bertz CT molecular complexity index is 868. The second-order valence-corrected chi connectivity index (χ2v) is 9.26. The summed E-state index contributed by atoms with van der Waals surface area (Å²) < 4.78 is 0. The maximum atomic E-state index is 12.8. The van der Waals surface area contributed by atoms with Crippen LogP contribution in [0.15, 0.2) is 24.3 Å². The lowest BCUT2D eigenvalue weighted by molar-refractivity contribution is -0.147. The highest BCUT2D eigenvalue weighted by Gasteiger charge is 2.33.